The molecule has 26 heavy (non-hydrogen) atoms. The van der Waals surface area contributed by atoms with Gasteiger partial charge in [0.25, 0.3) is 5.56 Å². The van der Waals surface area contributed by atoms with Crippen LogP contribution in [0, 0.1) is 0 Å². The molecule has 0 radical (unpaired) electrons. The first-order valence-corrected chi connectivity index (χ1v) is 9.08. The van der Waals surface area contributed by atoms with Crippen molar-refractivity contribution in [2.75, 3.05) is 0 Å². The highest BCUT2D eigenvalue weighted by Gasteiger charge is 2.15. The van der Waals surface area contributed by atoms with E-state index in [1.807, 2.05) is 32.0 Å². The summed E-state index contributed by atoms with van der Waals surface area (Å²) < 4.78 is 30.5. The molecule has 3 aromatic rings. The number of benzene rings is 2. The summed E-state index contributed by atoms with van der Waals surface area (Å²) >= 11 is 1.46. The van der Waals surface area contributed by atoms with Crippen molar-refractivity contribution in [2.45, 2.75) is 37.4 Å². The standard InChI is InChI=1S/C19H18F2N2O2S/c1-3-23-17(24)15-6-4-5-7-16(15)22-19(23)26-12(2)13-8-10-14(11-9-13)25-18(20)21/h4-12,18H,3H2,1-2H3. The molecule has 1 heterocycles. The molecular formula is C19H18F2N2O2S. The summed E-state index contributed by atoms with van der Waals surface area (Å²) in [5, 5.41) is 1.22. The molecule has 0 aliphatic heterocycles. The fourth-order valence-corrected chi connectivity index (χ4v) is 3.76. The average molecular weight is 376 g/mol. The quantitative estimate of drug-likeness (QED) is 0.455. The van der Waals surface area contributed by atoms with Crippen LogP contribution >= 0.6 is 11.8 Å². The molecule has 0 aliphatic carbocycles. The minimum absolute atomic E-state index is 0.0125. The van der Waals surface area contributed by atoms with Crippen LogP contribution in [0.2, 0.25) is 0 Å². The molecule has 0 saturated heterocycles. The number of halogens is 2. The van der Waals surface area contributed by atoms with Crippen molar-refractivity contribution in [2.24, 2.45) is 0 Å². The highest BCUT2D eigenvalue weighted by atomic mass is 32.2. The van der Waals surface area contributed by atoms with Gasteiger partial charge in [-0.3, -0.25) is 9.36 Å². The Kier molecular flexibility index (Phi) is 5.56. The molecule has 4 nitrogen and oxygen atoms in total. The van der Waals surface area contributed by atoms with Crippen LogP contribution in [0.25, 0.3) is 10.9 Å². The fourth-order valence-electron chi connectivity index (χ4n) is 2.66. The first-order valence-electron chi connectivity index (χ1n) is 8.20. The van der Waals surface area contributed by atoms with Crippen LogP contribution in [-0.2, 0) is 6.54 Å². The second kappa shape index (κ2) is 7.86. The minimum Gasteiger partial charge on any atom is -0.435 e. The van der Waals surface area contributed by atoms with E-state index >= 15 is 0 Å². The Balaban J connectivity index is 1.89. The van der Waals surface area contributed by atoms with Crippen molar-refractivity contribution in [1.29, 1.82) is 0 Å². The second-order valence-electron chi connectivity index (χ2n) is 5.67. The van der Waals surface area contributed by atoms with E-state index in [9.17, 15) is 13.6 Å². The predicted octanol–water partition coefficient (Wildman–Crippen LogP) is 4.87. The lowest BCUT2D eigenvalue weighted by Gasteiger charge is -2.16. The van der Waals surface area contributed by atoms with Gasteiger partial charge in [0.2, 0.25) is 0 Å². The maximum Gasteiger partial charge on any atom is 0.387 e. The third-order valence-electron chi connectivity index (χ3n) is 4.00. The van der Waals surface area contributed by atoms with Gasteiger partial charge >= 0.3 is 6.61 Å². The number of ether oxygens (including phenoxy) is 1. The van der Waals surface area contributed by atoms with E-state index in [1.54, 1.807) is 22.8 Å². The van der Waals surface area contributed by atoms with E-state index in [-0.39, 0.29) is 16.6 Å². The summed E-state index contributed by atoms with van der Waals surface area (Å²) in [6.07, 6.45) is 0. The number of alkyl halides is 2. The fraction of sp³-hybridized carbons (Fsp3) is 0.263. The van der Waals surface area contributed by atoms with Gasteiger partial charge in [-0.05, 0) is 43.7 Å². The molecule has 1 aromatic heterocycles. The lowest BCUT2D eigenvalue weighted by Crippen LogP contribution is -2.22. The van der Waals surface area contributed by atoms with Crippen LogP contribution in [-0.4, -0.2) is 16.2 Å². The SMILES string of the molecule is CCn1c(SC(C)c2ccc(OC(F)F)cc2)nc2ccccc2c1=O. The van der Waals surface area contributed by atoms with Gasteiger partial charge in [0.05, 0.1) is 10.9 Å². The lowest BCUT2D eigenvalue weighted by atomic mass is 10.2. The highest BCUT2D eigenvalue weighted by Crippen LogP contribution is 2.34. The van der Waals surface area contributed by atoms with Gasteiger partial charge in [0, 0.05) is 11.8 Å². The van der Waals surface area contributed by atoms with Crippen molar-refractivity contribution < 1.29 is 13.5 Å². The number of hydrogen-bond donors (Lipinski definition) is 0. The lowest BCUT2D eigenvalue weighted by molar-refractivity contribution is -0.0498. The summed E-state index contributed by atoms with van der Waals surface area (Å²) in [5.41, 5.74) is 1.53. The Morgan fingerprint density at radius 3 is 2.50 bits per heavy atom. The van der Waals surface area contributed by atoms with Gasteiger partial charge in [0.15, 0.2) is 5.16 Å². The highest BCUT2D eigenvalue weighted by molar-refractivity contribution is 7.99. The van der Waals surface area contributed by atoms with Crippen molar-refractivity contribution >= 4 is 22.7 Å². The van der Waals surface area contributed by atoms with Crippen molar-refractivity contribution in [3.63, 3.8) is 0 Å². The van der Waals surface area contributed by atoms with E-state index in [0.717, 1.165) is 5.56 Å². The topological polar surface area (TPSA) is 44.1 Å². The molecule has 0 aliphatic rings. The molecule has 0 N–H and O–H groups in total. The molecule has 1 unspecified atom stereocenters. The zero-order valence-corrected chi connectivity index (χ0v) is 15.2. The van der Waals surface area contributed by atoms with Gasteiger partial charge in [-0.2, -0.15) is 8.78 Å². The van der Waals surface area contributed by atoms with E-state index in [1.165, 1.54) is 23.9 Å². The van der Waals surface area contributed by atoms with Gasteiger partial charge in [0.1, 0.15) is 5.75 Å². The van der Waals surface area contributed by atoms with Crippen LogP contribution in [0.1, 0.15) is 24.7 Å². The van der Waals surface area contributed by atoms with Crippen LogP contribution < -0.4 is 10.3 Å². The van der Waals surface area contributed by atoms with Crippen LogP contribution in [0.15, 0.2) is 58.5 Å². The smallest absolute Gasteiger partial charge is 0.387 e. The van der Waals surface area contributed by atoms with Gasteiger partial charge < -0.3 is 4.74 Å². The number of aromatic nitrogens is 2. The van der Waals surface area contributed by atoms with Crippen LogP contribution in [0.3, 0.4) is 0 Å². The summed E-state index contributed by atoms with van der Waals surface area (Å²) in [6.45, 7) is 1.57. The van der Waals surface area contributed by atoms with Gasteiger partial charge in [-0.25, -0.2) is 4.98 Å². The zero-order valence-electron chi connectivity index (χ0n) is 14.4. The predicted molar refractivity (Wildman–Crippen MR) is 99.0 cm³/mol. The van der Waals surface area contributed by atoms with Crippen molar-refractivity contribution in [3.8, 4) is 5.75 Å². The molecule has 2 aromatic carbocycles. The molecule has 0 bridgehead atoms. The minimum atomic E-state index is -2.84. The van der Waals surface area contributed by atoms with Gasteiger partial charge in [-0.15, -0.1) is 0 Å². The van der Waals surface area contributed by atoms with Crippen molar-refractivity contribution in [1.82, 2.24) is 9.55 Å². The van der Waals surface area contributed by atoms with Gasteiger partial charge in [-0.1, -0.05) is 36.0 Å². The summed E-state index contributed by atoms with van der Waals surface area (Å²) in [4.78, 5) is 17.3. The van der Waals surface area contributed by atoms with E-state index in [4.69, 9.17) is 0 Å². The number of hydrogen-bond acceptors (Lipinski definition) is 4. The molecule has 0 amide bonds. The summed E-state index contributed by atoms with van der Waals surface area (Å²) in [5.74, 6) is 0.121. The third kappa shape index (κ3) is 3.88. The Hall–Kier alpha value is -2.41. The van der Waals surface area contributed by atoms with E-state index < -0.39 is 6.61 Å². The molecule has 3 rings (SSSR count). The largest absolute Gasteiger partial charge is 0.435 e. The van der Waals surface area contributed by atoms with Crippen LogP contribution in [0.4, 0.5) is 8.78 Å². The van der Waals surface area contributed by atoms with Crippen molar-refractivity contribution in [3.05, 3.63) is 64.4 Å². The molecule has 1 atom stereocenters. The second-order valence-corrected chi connectivity index (χ2v) is 6.98. The monoisotopic (exact) mass is 376 g/mol. The number of fused-ring (bicyclic) bond motifs is 1. The normalized spacial score (nSPS) is 12.5. The Labute approximate surface area is 153 Å². The third-order valence-corrected chi connectivity index (χ3v) is 5.15. The van der Waals surface area contributed by atoms with Crippen LogP contribution in [0.5, 0.6) is 5.75 Å². The number of thioether (sulfide) groups is 1. The number of para-hydroxylation sites is 1. The molecule has 0 fully saturated rings. The molecule has 136 valence electrons. The van der Waals surface area contributed by atoms with E-state index in [0.29, 0.717) is 22.6 Å². The Morgan fingerprint density at radius 1 is 1.15 bits per heavy atom. The number of rotatable bonds is 6. The summed E-state index contributed by atoms with van der Waals surface area (Å²) in [6, 6.07) is 13.8. The Morgan fingerprint density at radius 2 is 1.85 bits per heavy atom. The van der Waals surface area contributed by atoms with E-state index in [2.05, 4.69) is 9.72 Å². The molecule has 7 heteroatoms. The molecule has 0 saturated carbocycles. The maximum absolute atomic E-state index is 12.7. The molecular weight excluding hydrogens is 358 g/mol. The number of nitrogens with zero attached hydrogens (tertiary/aromatic N) is 2. The molecule has 0 spiro atoms. The first-order chi connectivity index (χ1) is 12.5. The zero-order chi connectivity index (χ0) is 18.7. The summed E-state index contributed by atoms with van der Waals surface area (Å²) in [7, 11) is 0. The average Bonchev–Trinajstić information content (AvgIpc) is 2.62. The Bertz CT molecular complexity index is 958. The first kappa shape index (κ1) is 18.4. The maximum atomic E-state index is 12.7.